The molecule has 0 spiro atoms. The van der Waals surface area contributed by atoms with E-state index in [1.54, 1.807) is 24.3 Å². The van der Waals surface area contributed by atoms with Gasteiger partial charge in [-0.2, -0.15) is 0 Å². The molecule has 0 aliphatic rings. The molecule has 110 valence electrons. The number of aromatic nitrogens is 2. The van der Waals surface area contributed by atoms with Crippen molar-refractivity contribution in [2.75, 3.05) is 13.2 Å². The first kappa shape index (κ1) is 14.7. The first-order chi connectivity index (χ1) is 9.58. The van der Waals surface area contributed by atoms with Crippen LogP contribution in [0.4, 0.5) is 0 Å². The number of fused-ring (bicyclic) bond motifs is 1. The van der Waals surface area contributed by atoms with Gasteiger partial charge in [-0.05, 0) is 12.1 Å². The molecular weight excluding hydrogens is 264 g/mol. The number of nitrogens with zero attached hydrogens (tertiary/aromatic N) is 2. The van der Waals surface area contributed by atoms with E-state index in [1.165, 1.54) is 9.13 Å². The van der Waals surface area contributed by atoms with Crippen LogP contribution in [0.3, 0.4) is 0 Å². The molecule has 0 saturated heterocycles. The summed E-state index contributed by atoms with van der Waals surface area (Å²) in [6.45, 7) is -0.938. The van der Waals surface area contributed by atoms with E-state index in [1.807, 2.05) is 0 Å². The summed E-state index contributed by atoms with van der Waals surface area (Å²) in [5, 5.41) is 36.9. The lowest BCUT2D eigenvalue weighted by Gasteiger charge is -2.08. The largest absolute Gasteiger partial charge is 0.394 e. The maximum Gasteiger partial charge on any atom is 0.329 e. The van der Waals surface area contributed by atoms with Gasteiger partial charge in [0.1, 0.15) is 0 Å². The number of benzene rings is 1. The van der Waals surface area contributed by atoms with Gasteiger partial charge in [-0.1, -0.05) is 12.1 Å². The quantitative estimate of drug-likeness (QED) is 0.516. The highest BCUT2D eigenvalue weighted by Gasteiger charge is 2.17. The Morgan fingerprint density at radius 3 is 1.65 bits per heavy atom. The fourth-order valence-corrected chi connectivity index (χ4v) is 2.16. The van der Waals surface area contributed by atoms with Crippen molar-refractivity contribution in [3.05, 3.63) is 34.7 Å². The minimum absolute atomic E-state index is 0.0297. The molecule has 1 aromatic carbocycles. The van der Waals surface area contributed by atoms with E-state index in [0.29, 0.717) is 11.0 Å². The highest BCUT2D eigenvalue weighted by molar-refractivity contribution is 5.76. The van der Waals surface area contributed by atoms with Gasteiger partial charge in [0, 0.05) is 0 Å². The van der Waals surface area contributed by atoms with Gasteiger partial charge in [0.05, 0.1) is 49.5 Å². The van der Waals surface area contributed by atoms with Crippen LogP contribution in [0, 0.1) is 0 Å². The number of para-hydroxylation sites is 2. The Bertz CT molecular complexity index is 581. The molecule has 0 aliphatic heterocycles. The van der Waals surface area contributed by atoms with Crippen LogP contribution in [0.15, 0.2) is 29.1 Å². The van der Waals surface area contributed by atoms with Crippen LogP contribution in [-0.2, 0) is 13.1 Å². The van der Waals surface area contributed by atoms with Crippen molar-refractivity contribution in [1.82, 2.24) is 9.13 Å². The van der Waals surface area contributed by atoms with Crippen LogP contribution in [0.25, 0.3) is 11.0 Å². The minimum atomic E-state index is -1.03. The van der Waals surface area contributed by atoms with E-state index in [0.717, 1.165) is 0 Å². The van der Waals surface area contributed by atoms with Gasteiger partial charge < -0.3 is 20.4 Å². The van der Waals surface area contributed by atoms with Crippen molar-refractivity contribution < 1.29 is 20.4 Å². The molecular formula is C13H18N2O5. The van der Waals surface area contributed by atoms with E-state index in [9.17, 15) is 15.0 Å². The van der Waals surface area contributed by atoms with Gasteiger partial charge in [0.2, 0.25) is 0 Å². The summed E-state index contributed by atoms with van der Waals surface area (Å²) in [4.78, 5) is 12.3. The summed E-state index contributed by atoms with van der Waals surface area (Å²) in [6.07, 6.45) is -2.07. The average molecular weight is 282 g/mol. The number of rotatable bonds is 6. The Balaban J connectivity index is 2.52. The summed E-state index contributed by atoms with van der Waals surface area (Å²) in [6, 6.07) is 6.97. The van der Waals surface area contributed by atoms with Crippen molar-refractivity contribution >= 4 is 11.0 Å². The molecule has 20 heavy (non-hydrogen) atoms. The Kier molecular flexibility index (Phi) is 4.56. The molecule has 0 fully saturated rings. The highest BCUT2D eigenvalue weighted by Crippen LogP contribution is 2.13. The van der Waals surface area contributed by atoms with Crippen molar-refractivity contribution in [2.24, 2.45) is 0 Å². The third-order valence-corrected chi connectivity index (χ3v) is 3.13. The number of aliphatic hydroxyl groups is 4. The fourth-order valence-electron chi connectivity index (χ4n) is 2.16. The smallest absolute Gasteiger partial charge is 0.329 e. The Morgan fingerprint density at radius 2 is 1.30 bits per heavy atom. The van der Waals surface area contributed by atoms with Gasteiger partial charge in [0.25, 0.3) is 0 Å². The molecule has 0 saturated carbocycles. The Labute approximate surface area is 114 Å². The molecule has 7 nitrogen and oxygen atoms in total. The standard InChI is InChI=1S/C13H18N2O5/c16-7-9(18)5-14-11-3-1-2-4-12(11)15(13(14)20)6-10(19)8-17/h1-4,9-10,16-19H,5-8H2. The van der Waals surface area contributed by atoms with Crippen molar-refractivity contribution in [3.8, 4) is 0 Å². The molecule has 2 aromatic rings. The molecule has 2 rings (SSSR count). The zero-order valence-corrected chi connectivity index (χ0v) is 10.9. The monoisotopic (exact) mass is 282 g/mol. The number of imidazole rings is 1. The van der Waals surface area contributed by atoms with Gasteiger partial charge >= 0.3 is 5.69 Å². The first-order valence-corrected chi connectivity index (χ1v) is 6.34. The zero-order chi connectivity index (χ0) is 14.7. The normalized spacial score (nSPS) is 14.6. The van der Waals surface area contributed by atoms with Crippen molar-refractivity contribution in [2.45, 2.75) is 25.3 Å². The number of hydrogen-bond acceptors (Lipinski definition) is 5. The molecule has 2 atom stereocenters. The predicted molar refractivity (Wildman–Crippen MR) is 72.4 cm³/mol. The Morgan fingerprint density at radius 1 is 0.900 bits per heavy atom. The Hall–Kier alpha value is -1.67. The van der Waals surface area contributed by atoms with Gasteiger partial charge in [-0.25, -0.2) is 4.79 Å². The third kappa shape index (κ3) is 2.75. The van der Waals surface area contributed by atoms with E-state index >= 15 is 0 Å². The maximum absolute atomic E-state index is 12.3. The van der Waals surface area contributed by atoms with Crippen molar-refractivity contribution in [3.63, 3.8) is 0 Å². The summed E-state index contributed by atoms with van der Waals surface area (Å²) in [7, 11) is 0. The van der Waals surface area contributed by atoms with E-state index in [4.69, 9.17) is 10.2 Å². The molecule has 2 unspecified atom stereocenters. The molecule has 0 radical (unpaired) electrons. The SMILES string of the molecule is O=c1n(CC(O)CO)c2ccccc2n1CC(O)CO. The van der Waals surface area contributed by atoms with Gasteiger partial charge in [0.15, 0.2) is 0 Å². The fraction of sp³-hybridized carbons (Fsp3) is 0.462. The third-order valence-electron chi connectivity index (χ3n) is 3.13. The second kappa shape index (κ2) is 6.19. The molecule has 0 amide bonds. The van der Waals surface area contributed by atoms with E-state index in [2.05, 4.69) is 0 Å². The minimum Gasteiger partial charge on any atom is -0.394 e. The highest BCUT2D eigenvalue weighted by atomic mass is 16.3. The first-order valence-electron chi connectivity index (χ1n) is 6.34. The maximum atomic E-state index is 12.3. The molecule has 1 heterocycles. The molecule has 1 aromatic heterocycles. The van der Waals surface area contributed by atoms with E-state index < -0.39 is 31.1 Å². The van der Waals surface area contributed by atoms with Crippen molar-refractivity contribution in [1.29, 1.82) is 0 Å². The summed E-state index contributed by atoms with van der Waals surface area (Å²) in [5.41, 5.74) is 0.816. The molecule has 0 bridgehead atoms. The summed E-state index contributed by atoms with van der Waals surface area (Å²) < 4.78 is 2.70. The van der Waals surface area contributed by atoms with Gasteiger partial charge in [-0.15, -0.1) is 0 Å². The van der Waals surface area contributed by atoms with Crippen LogP contribution in [-0.4, -0.2) is 55.0 Å². The summed E-state index contributed by atoms with van der Waals surface area (Å²) >= 11 is 0. The molecule has 4 N–H and O–H groups in total. The summed E-state index contributed by atoms with van der Waals surface area (Å²) in [5.74, 6) is 0. The lowest BCUT2D eigenvalue weighted by molar-refractivity contribution is 0.0771. The van der Waals surface area contributed by atoms with Crippen LogP contribution < -0.4 is 5.69 Å². The van der Waals surface area contributed by atoms with Crippen LogP contribution in [0.2, 0.25) is 0 Å². The number of aliphatic hydroxyl groups excluding tert-OH is 4. The van der Waals surface area contributed by atoms with Crippen LogP contribution in [0.5, 0.6) is 0 Å². The van der Waals surface area contributed by atoms with E-state index in [-0.39, 0.29) is 13.1 Å². The van der Waals surface area contributed by atoms with Gasteiger partial charge in [-0.3, -0.25) is 9.13 Å². The molecule has 0 aliphatic carbocycles. The average Bonchev–Trinajstić information content (AvgIpc) is 2.72. The van der Waals surface area contributed by atoms with Crippen LogP contribution >= 0.6 is 0 Å². The van der Waals surface area contributed by atoms with Crippen LogP contribution in [0.1, 0.15) is 0 Å². The topological polar surface area (TPSA) is 108 Å². The lowest BCUT2D eigenvalue weighted by atomic mass is 10.3. The predicted octanol–water partition coefficient (Wildman–Crippen LogP) is -1.49. The molecule has 7 heteroatoms. The second-order valence-electron chi connectivity index (χ2n) is 4.67. The lowest BCUT2D eigenvalue weighted by Crippen LogP contribution is -2.33. The number of hydrogen-bond donors (Lipinski definition) is 4. The zero-order valence-electron chi connectivity index (χ0n) is 10.9. The second-order valence-corrected chi connectivity index (χ2v) is 4.67.